The van der Waals surface area contributed by atoms with Crippen LogP contribution in [-0.2, 0) is 6.54 Å². The second-order valence-corrected chi connectivity index (χ2v) is 6.39. The largest absolute Gasteiger partial charge is 0.269 e. The highest BCUT2D eigenvalue weighted by atomic mass is 19.3. The van der Waals surface area contributed by atoms with Gasteiger partial charge in [0.15, 0.2) is 5.65 Å². The van der Waals surface area contributed by atoms with E-state index in [9.17, 15) is 8.78 Å². The zero-order chi connectivity index (χ0) is 19.1. The first kappa shape index (κ1) is 17.3. The first-order chi connectivity index (χ1) is 13.0. The van der Waals surface area contributed by atoms with Gasteiger partial charge in [0, 0.05) is 23.4 Å². The number of halogens is 2. The van der Waals surface area contributed by atoms with E-state index in [-0.39, 0.29) is 5.56 Å². The molecule has 0 bridgehead atoms. The van der Waals surface area contributed by atoms with Crippen LogP contribution in [0.4, 0.5) is 8.78 Å². The molecule has 0 saturated heterocycles. The van der Waals surface area contributed by atoms with Gasteiger partial charge in [0.05, 0.1) is 28.7 Å². The van der Waals surface area contributed by atoms with Crippen molar-refractivity contribution >= 4 is 11.0 Å². The molecule has 7 heteroatoms. The smallest absolute Gasteiger partial charge is 0.264 e. The van der Waals surface area contributed by atoms with Gasteiger partial charge in [0.25, 0.3) is 6.43 Å². The van der Waals surface area contributed by atoms with E-state index in [4.69, 9.17) is 4.98 Å². The number of nitrogens with zero attached hydrogens (tertiary/aromatic N) is 5. The average Bonchev–Trinajstić information content (AvgIpc) is 3.21. The van der Waals surface area contributed by atoms with Crippen molar-refractivity contribution in [1.29, 1.82) is 0 Å². The van der Waals surface area contributed by atoms with E-state index in [0.29, 0.717) is 29.0 Å². The quantitative estimate of drug-likeness (QED) is 0.518. The molecule has 1 aromatic carbocycles. The Kier molecular flexibility index (Phi) is 4.22. The summed E-state index contributed by atoms with van der Waals surface area (Å²) in [6.07, 6.45) is -0.943. The van der Waals surface area contributed by atoms with Crippen LogP contribution in [0.3, 0.4) is 0 Å². The molecule has 0 aliphatic carbocycles. The number of rotatable bonds is 4. The van der Waals surface area contributed by atoms with E-state index >= 15 is 0 Å². The summed E-state index contributed by atoms with van der Waals surface area (Å²) in [5, 5.41) is 9.20. The Morgan fingerprint density at radius 1 is 1.11 bits per heavy atom. The normalized spacial score (nSPS) is 11.6. The molecule has 0 aliphatic rings. The summed E-state index contributed by atoms with van der Waals surface area (Å²) < 4.78 is 31.2. The lowest BCUT2D eigenvalue weighted by molar-refractivity contribution is 0.153. The summed E-state index contributed by atoms with van der Waals surface area (Å²) >= 11 is 0. The van der Waals surface area contributed by atoms with E-state index in [0.717, 1.165) is 16.9 Å². The Bertz CT molecular complexity index is 1110. The van der Waals surface area contributed by atoms with Crippen LogP contribution < -0.4 is 0 Å². The monoisotopic (exact) mass is 367 g/mol. The predicted octanol–water partition coefficient (Wildman–Crippen LogP) is 4.86. The van der Waals surface area contributed by atoms with Gasteiger partial charge in [-0.25, -0.2) is 18.4 Å². The minimum Gasteiger partial charge on any atom is -0.269 e. The molecular weight excluding hydrogens is 348 g/mol. The maximum atomic E-state index is 13.9. The fraction of sp³-hybridized carbons (Fsp3) is 0.250. The highest BCUT2D eigenvalue weighted by molar-refractivity contribution is 5.86. The topological polar surface area (TPSA) is 48.5 Å². The molecule has 3 heterocycles. The van der Waals surface area contributed by atoms with Gasteiger partial charge in [-0.1, -0.05) is 18.2 Å². The fourth-order valence-corrected chi connectivity index (χ4v) is 3.40. The zero-order valence-electron chi connectivity index (χ0n) is 15.3. The number of pyridine rings is 1. The zero-order valence-corrected chi connectivity index (χ0v) is 15.3. The van der Waals surface area contributed by atoms with Crippen LogP contribution >= 0.6 is 0 Å². The number of aryl methyl sites for hydroxylation is 2. The molecule has 0 radical (unpaired) electrons. The number of alkyl halides is 2. The Morgan fingerprint density at radius 3 is 2.48 bits per heavy atom. The van der Waals surface area contributed by atoms with E-state index in [2.05, 4.69) is 10.2 Å². The van der Waals surface area contributed by atoms with Crippen LogP contribution in [0.5, 0.6) is 0 Å². The molecule has 3 aromatic heterocycles. The highest BCUT2D eigenvalue weighted by Crippen LogP contribution is 2.34. The van der Waals surface area contributed by atoms with E-state index in [1.165, 1.54) is 6.07 Å². The first-order valence-electron chi connectivity index (χ1n) is 8.77. The lowest BCUT2D eigenvalue weighted by atomic mass is 10.1. The molecule has 0 N–H and O–H groups in total. The molecule has 0 unspecified atom stereocenters. The molecule has 0 aliphatic heterocycles. The number of fused-ring (bicyclic) bond motifs is 1. The Balaban J connectivity index is 2.03. The van der Waals surface area contributed by atoms with Gasteiger partial charge < -0.3 is 0 Å². The highest BCUT2D eigenvalue weighted by Gasteiger charge is 2.22. The second-order valence-electron chi connectivity index (χ2n) is 6.39. The van der Waals surface area contributed by atoms with Crippen molar-refractivity contribution in [3.8, 4) is 16.9 Å². The lowest BCUT2D eigenvalue weighted by Crippen LogP contribution is -2.01. The fourth-order valence-electron chi connectivity index (χ4n) is 3.40. The number of hydrogen-bond acceptors (Lipinski definition) is 3. The third kappa shape index (κ3) is 2.79. The average molecular weight is 367 g/mol. The molecule has 4 aromatic rings. The second kappa shape index (κ2) is 6.57. The molecule has 0 spiro atoms. The molecular formula is C20H19F2N5. The Morgan fingerprint density at radius 2 is 1.85 bits per heavy atom. The van der Waals surface area contributed by atoms with Crippen LogP contribution in [0, 0.1) is 13.8 Å². The van der Waals surface area contributed by atoms with Crippen molar-refractivity contribution in [3.63, 3.8) is 0 Å². The minimum absolute atomic E-state index is 0.0571. The summed E-state index contributed by atoms with van der Waals surface area (Å²) in [4.78, 5) is 4.71. The molecule has 27 heavy (non-hydrogen) atoms. The number of aromatic nitrogens is 5. The van der Waals surface area contributed by atoms with Crippen molar-refractivity contribution in [2.45, 2.75) is 33.7 Å². The van der Waals surface area contributed by atoms with Gasteiger partial charge in [-0.05, 0) is 39.0 Å². The van der Waals surface area contributed by atoms with Crippen molar-refractivity contribution in [2.75, 3.05) is 0 Å². The SMILES string of the molecule is CCn1ncc(-c2cc(C(F)F)c3c(C)nn(-c4ccccc4)c3n2)c1C. The van der Waals surface area contributed by atoms with E-state index in [1.54, 1.807) is 17.8 Å². The van der Waals surface area contributed by atoms with Crippen molar-refractivity contribution in [1.82, 2.24) is 24.5 Å². The van der Waals surface area contributed by atoms with Gasteiger partial charge in [0.2, 0.25) is 0 Å². The van der Waals surface area contributed by atoms with Crippen molar-refractivity contribution in [2.24, 2.45) is 0 Å². The van der Waals surface area contributed by atoms with E-state index in [1.807, 2.05) is 48.9 Å². The van der Waals surface area contributed by atoms with Crippen LogP contribution in [-0.4, -0.2) is 24.5 Å². The summed E-state index contributed by atoms with van der Waals surface area (Å²) in [7, 11) is 0. The minimum atomic E-state index is -2.62. The molecule has 5 nitrogen and oxygen atoms in total. The summed E-state index contributed by atoms with van der Waals surface area (Å²) in [5.74, 6) is 0. The molecule has 138 valence electrons. The van der Waals surface area contributed by atoms with Crippen molar-refractivity contribution in [3.05, 3.63) is 59.5 Å². The molecule has 0 amide bonds. The van der Waals surface area contributed by atoms with Gasteiger partial charge in [0.1, 0.15) is 0 Å². The van der Waals surface area contributed by atoms with Crippen LogP contribution in [0.15, 0.2) is 42.6 Å². The molecule has 4 rings (SSSR count). The van der Waals surface area contributed by atoms with E-state index < -0.39 is 6.43 Å². The molecule has 0 saturated carbocycles. The Hall–Kier alpha value is -3.09. The maximum absolute atomic E-state index is 13.9. The summed E-state index contributed by atoms with van der Waals surface area (Å²) in [6, 6.07) is 10.9. The number of para-hydroxylation sites is 1. The van der Waals surface area contributed by atoms with Crippen LogP contribution in [0.2, 0.25) is 0 Å². The third-order valence-corrected chi connectivity index (χ3v) is 4.76. The first-order valence-corrected chi connectivity index (χ1v) is 8.77. The number of benzene rings is 1. The Labute approximate surface area is 155 Å². The van der Waals surface area contributed by atoms with Gasteiger partial charge in [-0.2, -0.15) is 10.2 Å². The molecule has 0 atom stereocenters. The number of hydrogen-bond donors (Lipinski definition) is 0. The standard InChI is InChI=1S/C20H19F2N5/c1-4-26-13(3)16(11-23-26)17-10-15(19(21)22)18-12(2)25-27(20(18)24-17)14-8-6-5-7-9-14/h5-11,19H,4H2,1-3H3. The third-order valence-electron chi connectivity index (χ3n) is 4.76. The van der Waals surface area contributed by atoms with Gasteiger partial charge in [-0.3, -0.25) is 4.68 Å². The summed E-state index contributed by atoms with van der Waals surface area (Å²) in [5.41, 5.74) is 3.80. The van der Waals surface area contributed by atoms with Crippen LogP contribution in [0.25, 0.3) is 28.0 Å². The predicted molar refractivity (Wildman–Crippen MR) is 100 cm³/mol. The van der Waals surface area contributed by atoms with Gasteiger partial charge >= 0.3 is 0 Å². The molecule has 0 fully saturated rings. The summed E-state index contributed by atoms with van der Waals surface area (Å²) in [6.45, 7) is 6.34. The van der Waals surface area contributed by atoms with Crippen molar-refractivity contribution < 1.29 is 8.78 Å². The van der Waals surface area contributed by atoms with Gasteiger partial charge in [-0.15, -0.1) is 0 Å². The van der Waals surface area contributed by atoms with Crippen LogP contribution in [0.1, 0.15) is 30.3 Å². The maximum Gasteiger partial charge on any atom is 0.264 e. The lowest BCUT2D eigenvalue weighted by Gasteiger charge is -2.09.